The molecule has 0 aliphatic rings. The van der Waals surface area contributed by atoms with E-state index >= 15 is 0 Å². The zero-order valence-electron chi connectivity index (χ0n) is 11.9. The van der Waals surface area contributed by atoms with Gasteiger partial charge in [-0.25, -0.2) is 4.39 Å². The maximum atomic E-state index is 13.7. The van der Waals surface area contributed by atoms with Crippen molar-refractivity contribution in [3.05, 3.63) is 67.5 Å². The van der Waals surface area contributed by atoms with Crippen molar-refractivity contribution < 1.29 is 4.39 Å². The third-order valence-electron chi connectivity index (χ3n) is 3.37. The van der Waals surface area contributed by atoms with E-state index in [0.717, 1.165) is 24.9 Å². The van der Waals surface area contributed by atoms with Crippen LogP contribution in [-0.4, -0.2) is 6.54 Å². The normalized spacial score (nSPS) is 12.4. The van der Waals surface area contributed by atoms with Crippen molar-refractivity contribution >= 4 is 38.5 Å². The smallest absolute Gasteiger partial charge is 0.137 e. The molecular weight excluding hydrogens is 444 g/mol. The number of halogens is 3. The van der Waals surface area contributed by atoms with Crippen LogP contribution in [0, 0.1) is 9.39 Å². The predicted octanol–water partition coefficient (Wildman–Crippen LogP) is 5.48. The average molecular weight is 462 g/mol. The molecule has 1 N–H and O–H groups in total. The van der Waals surface area contributed by atoms with E-state index in [-0.39, 0.29) is 11.9 Å². The first-order valence-electron chi connectivity index (χ1n) is 7.03. The number of nitrogens with one attached hydrogen (secondary N) is 1. The molecule has 1 atom stereocenters. The Bertz CT molecular complexity index is 586. The molecule has 0 heterocycles. The highest BCUT2D eigenvalue weighted by molar-refractivity contribution is 14.1. The van der Waals surface area contributed by atoms with Gasteiger partial charge < -0.3 is 5.32 Å². The molecule has 0 spiro atoms. The standard InChI is InChI=1S/C17H18BrFIN/c1-2-10-21-16(12-6-8-14(20)9-7-12)11-13-4-3-5-15(19)17(13)18/h3-9,16,21H,2,10-11H2,1H3. The highest BCUT2D eigenvalue weighted by atomic mass is 127. The van der Waals surface area contributed by atoms with Gasteiger partial charge in [-0.2, -0.15) is 0 Å². The van der Waals surface area contributed by atoms with Crippen molar-refractivity contribution in [2.75, 3.05) is 6.54 Å². The molecule has 112 valence electrons. The number of hydrogen-bond acceptors (Lipinski definition) is 1. The molecule has 0 fully saturated rings. The van der Waals surface area contributed by atoms with Crippen LogP contribution in [0.15, 0.2) is 46.9 Å². The molecule has 4 heteroatoms. The fraction of sp³-hybridized carbons (Fsp3) is 0.294. The highest BCUT2D eigenvalue weighted by Gasteiger charge is 2.14. The molecule has 2 rings (SSSR count). The van der Waals surface area contributed by atoms with Crippen molar-refractivity contribution in [2.45, 2.75) is 25.8 Å². The average Bonchev–Trinajstić information content (AvgIpc) is 2.49. The number of rotatable bonds is 6. The van der Waals surface area contributed by atoms with Crippen molar-refractivity contribution in [1.82, 2.24) is 5.32 Å². The SMILES string of the molecule is CCCNC(Cc1cccc(F)c1Br)c1ccc(I)cc1. The van der Waals surface area contributed by atoms with Gasteiger partial charge in [-0.05, 0) is 87.2 Å². The first-order chi connectivity index (χ1) is 10.1. The summed E-state index contributed by atoms with van der Waals surface area (Å²) in [4.78, 5) is 0. The van der Waals surface area contributed by atoms with Gasteiger partial charge in [0, 0.05) is 9.61 Å². The van der Waals surface area contributed by atoms with Gasteiger partial charge in [0.1, 0.15) is 5.82 Å². The monoisotopic (exact) mass is 461 g/mol. The van der Waals surface area contributed by atoms with E-state index in [9.17, 15) is 4.39 Å². The molecule has 0 aliphatic carbocycles. The van der Waals surface area contributed by atoms with Gasteiger partial charge >= 0.3 is 0 Å². The molecule has 2 aromatic rings. The maximum Gasteiger partial charge on any atom is 0.137 e. The molecule has 0 amide bonds. The van der Waals surface area contributed by atoms with Crippen LogP contribution >= 0.6 is 38.5 Å². The zero-order valence-corrected chi connectivity index (χ0v) is 15.6. The predicted molar refractivity (Wildman–Crippen MR) is 98.0 cm³/mol. The molecular formula is C17H18BrFIN. The van der Waals surface area contributed by atoms with E-state index in [4.69, 9.17) is 0 Å². The van der Waals surface area contributed by atoms with Gasteiger partial charge in [0.2, 0.25) is 0 Å². The Morgan fingerprint density at radius 1 is 1.19 bits per heavy atom. The molecule has 0 saturated carbocycles. The van der Waals surface area contributed by atoms with Crippen LogP contribution in [-0.2, 0) is 6.42 Å². The largest absolute Gasteiger partial charge is 0.310 e. The quantitative estimate of drug-likeness (QED) is 0.562. The van der Waals surface area contributed by atoms with E-state index in [0.29, 0.717) is 4.47 Å². The van der Waals surface area contributed by atoms with Crippen molar-refractivity contribution in [3.63, 3.8) is 0 Å². The van der Waals surface area contributed by atoms with Gasteiger partial charge in [-0.3, -0.25) is 0 Å². The van der Waals surface area contributed by atoms with Crippen LogP contribution < -0.4 is 5.32 Å². The van der Waals surface area contributed by atoms with Crippen LogP contribution in [0.5, 0.6) is 0 Å². The summed E-state index contributed by atoms with van der Waals surface area (Å²) in [6.07, 6.45) is 1.84. The first-order valence-corrected chi connectivity index (χ1v) is 8.90. The molecule has 2 aromatic carbocycles. The molecule has 0 aromatic heterocycles. The zero-order chi connectivity index (χ0) is 15.2. The minimum absolute atomic E-state index is 0.194. The molecule has 0 aliphatic heterocycles. The lowest BCUT2D eigenvalue weighted by molar-refractivity contribution is 0.525. The topological polar surface area (TPSA) is 12.0 Å². The van der Waals surface area contributed by atoms with E-state index in [2.05, 4.69) is 75.0 Å². The summed E-state index contributed by atoms with van der Waals surface area (Å²) in [7, 11) is 0. The Balaban J connectivity index is 2.23. The summed E-state index contributed by atoms with van der Waals surface area (Å²) in [5.41, 5.74) is 2.22. The molecule has 1 unspecified atom stereocenters. The third kappa shape index (κ3) is 4.76. The maximum absolute atomic E-state index is 13.7. The van der Waals surface area contributed by atoms with Gasteiger partial charge in [-0.1, -0.05) is 31.2 Å². The fourth-order valence-electron chi connectivity index (χ4n) is 2.25. The van der Waals surface area contributed by atoms with Crippen LogP contribution in [0.2, 0.25) is 0 Å². The Morgan fingerprint density at radius 3 is 2.57 bits per heavy atom. The summed E-state index contributed by atoms with van der Waals surface area (Å²) >= 11 is 5.66. The first kappa shape index (κ1) is 16.9. The minimum atomic E-state index is -0.204. The molecule has 0 radical (unpaired) electrons. The van der Waals surface area contributed by atoms with Crippen LogP contribution in [0.3, 0.4) is 0 Å². The van der Waals surface area contributed by atoms with Crippen molar-refractivity contribution in [3.8, 4) is 0 Å². The number of hydrogen-bond donors (Lipinski definition) is 1. The fourth-order valence-corrected chi connectivity index (χ4v) is 3.03. The van der Waals surface area contributed by atoms with Crippen molar-refractivity contribution in [1.29, 1.82) is 0 Å². The van der Waals surface area contributed by atoms with E-state index < -0.39 is 0 Å². The second-order valence-corrected chi connectivity index (χ2v) is 7.01. The summed E-state index contributed by atoms with van der Waals surface area (Å²) in [5, 5.41) is 3.55. The third-order valence-corrected chi connectivity index (χ3v) is 4.98. The Morgan fingerprint density at radius 2 is 1.90 bits per heavy atom. The van der Waals surface area contributed by atoms with Crippen LogP contribution in [0.25, 0.3) is 0 Å². The second kappa shape index (κ2) is 8.25. The second-order valence-electron chi connectivity index (χ2n) is 4.98. The molecule has 0 bridgehead atoms. The molecule has 21 heavy (non-hydrogen) atoms. The van der Waals surface area contributed by atoms with E-state index in [1.54, 1.807) is 6.07 Å². The van der Waals surface area contributed by atoms with Gasteiger partial charge in [0.25, 0.3) is 0 Å². The van der Waals surface area contributed by atoms with E-state index in [1.807, 2.05) is 6.07 Å². The summed E-state index contributed by atoms with van der Waals surface area (Å²) < 4.78 is 15.5. The van der Waals surface area contributed by atoms with Gasteiger partial charge in [0.15, 0.2) is 0 Å². The minimum Gasteiger partial charge on any atom is -0.310 e. The number of benzene rings is 2. The van der Waals surface area contributed by atoms with Crippen LogP contribution in [0.1, 0.15) is 30.5 Å². The summed E-state index contributed by atoms with van der Waals surface area (Å²) in [5.74, 6) is -0.204. The summed E-state index contributed by atoms with van der Waals surface area (Å²) in [6.45, 7) is 3.10. The Labute approximate surface area is 147 Å². The van der Waals surface area contributed by atoms with Gasteiger partial charge in [0.05, 0.1) is 4.47 Å². The lowest BCUT2D eigenvalue weighted by Crippen LogP contribution is -2.24. The van der Waals surface area contributed by atoms with Crippen molar-refractivity contribution in [2.24, 2.45) is 0 Å². The van der Waals surface area contributed by atoms with Crippen LogP contribution in [0.4, 0.5) is 4.39 Å². The van der Waals surface area contributed by atoms with E-state index in [1.165, 1.54) is 15.2 Å². The Hall–Kier alpha value is -0.460. The lowest BCUT2D eigenvalue weighted by Gasteiger charge is -2.20. The summed E-state index contributed by atoms with van der Waals surface area (Å²) in [6, 6.07) is 13.9. The lowest BCUT2D eigenvalue weighted by atomic mass is 9.98. The molecule has 1 nitrogen and oxygen atoms in total. The Kier molecular flexibility index (Phi) is 6.64. The highest BCUT2D eigenvalue weighted by Crippen LogP contribution is 2.26. The van der Waals surface area contributed by atoms with Gasteiger partial charge in [-0.15, -0.1) is 0 Å². The molecule has 0 saturated heterocycles.